The molecule has 1 atom stereocenters. The van der Waals surface area contributed by atoms with Crippen LogP contribution in [-0.2, 0) is 11.3 Å². The molecule has 0 unspecified atom stereocenters. The highest BCUT2D eigenvalue weighted by Gasteiger charge is 2.17. The Kier molecular flexibility index (Phi) is 4.49. The Balaban J connectivity index is 1.81. The molecule has 0 aliphatic rings. The number of carbonyl (C=O) groups excluding carboxylic acids is 2. The van der Waals surface area contributed by atoms with Crippen LogP contribution in [0.2, 0.25) is 0 Å². The fourth-order valence-corrected chi connectivity index (χ4v) is 1.62. The van der Waals surface area contributed by atoms with Gasteiger partial charge in [0.1, 0.15) is 19.0 Å². The Hall–Kier alpha value is -2.63. The molecular formula is C14H15N3O3. The van der Waals surface area contributed by atoms with Crippen LogP contribution < -0.4 is 5.32 Å². The number of hydrogen-bond donors (Lipinski definition) is 1. The van der Waals surface area contributed by atoms with E-state index in [-0.39, 0.29) is 12.5 Å². The average Bonchev–Trinajstić information content (AvgIpc) is 2.99. The lowest BCUT2D eigenvalue weighted by atomic mass is 10.2. The van der Waals surface area contributed by atoms with Gasteiger partial charge >= 0.3 is 6.09 Å². The highest BCUT2D eigenvalue weighted by atomic mass is 16.5. The maximum Gasteiger partial charge on any atom is 0.408 e. The van der Waals surface area contributed by atoms with E-state index in [0.717, 1.165) is 5.56 Å². The summed E-state index contributed by atoms with van der Waals surface area (Å²) in [7, 11) is 0. The van der Waals surface area contributed by atoms with Crippen molar-refractivity contribution >= 4 is 12.0 Å². The van der Waals surface area contributed by atoms with Crippen molar-refractivity contribution in [2.24, 2.45) is 0 Å². The zero-order valence-electron chi connectivity index (χ0n) is 11.0. The summed E-state index contributed by atoms with van der Waals surface area (Å²) < 4.78 is 6.35. The van der Waals surface area contributed by atoms with Crippen molar-refractivity contribution in [2.75, 3.05) is 0 Å². The van der Waals surface area contributed by atoms with Gasteiger partial charge in [-0.05, 0) is 12.5 Å². The van der Waals surface area contributed by atoms with E-state index in [4.69, 9.17) is 4.74 Å². The number of amides is 1. The van der Waals surface area contributed by atoms with E-state index < -0.39 is 12.1 Å². The van der Waals surface area contributed by atoms with Crippen molar-refractivity contribution in [1.82, 2.24) is 14.9 Å². The first kappa shape index (κ1) is 13.8. The quantitative estimate of drug-likeness (QED) is 0.922. The molecule has 6 heteroatoms. The first-order chi connectivity index (χ1) is 9.66. The number of rotatable bonds is 4. The minimum absolute atomic E-state index is 0.165. The molecule has 20 heavy (non-hydrogen) atoms. The highest BCUT2D eigenvalue weighted by Crippen LogP contribution is 2.01. The smallest absolute Gasteiger partial charge is 0.408 e. The van der Waals surface area contributed by atoms with Gasteiger partial charge in [0.15, 0.2) is 0 Å². The summed E-state index contributed by atoms with van der Waals surface area (Å²) in [6, 6.07) is 8.63. The molecule has 104 valence electrons. The third-order valence-corrected chi connectivity index (χ3v) is 2.68. The maximum absolute atomic E-state index is 11.9. The SMILES string of the molecule is C[C@@H](NC(=O)OCc1ccccc1)C(=O)n1ccnc1. The molecule has 1 aromatic carbocycles. The molecule has 0 aliphatic carbocycles. The van der Waals surface area contributed by atoms with Crippen molar-refractivity contribution in [3.8, 4) is 0 Å². The number of nitrogens with zero attached hydrogens (tertiary/aromatic N) is 2. The fourth-order valence-electron chi connectivity index (χ4n) is 1.62. The fraction of sp³-hybridized carbons (Fsp3) is 0.214. The normalized spacial score (nSPS) is 11.7. The van der Waals surface area contributed by atoms with Gasteiger partial charge in [-0.1, -0.05) is 30.3 Å². The molecule has 0 saturated carbocycles. The number of aromatic nitrogens is 2. The summed E-state index contributed by atoms with van der Waals surface area (Å²) in [4.78, 5) is 27.2. The highest BCUT2D eigenvalue weighted by molar-refractivity contribution is 5.87. The van der Waals surface area contributed by atoms with E-state index in [1.54, 1.807) is 6.92 Å². The third-order valence-electron chi connectivity index (χ3n) is 2.68. The van der Waals surface area contributed by atoms with Gasteiger partial charge in [-0.2, -0.15) is 0 Å². The molecule has 0 aliphatic heterocycles. The number of hydrogen-bond acceptors (Lipinski definition) is 4. The second kappa shape index (κ2) is 6.51. The van der Waals surface area contributed by atoms with Gasteiger partial charge in [0, 0.05) is 12.4 Å². The van der Waals surface area contributed by atoms with Crippen molar-refractivity contribution in [3.05, 3.63) is 54.6 Å². The van der Waals surface area contributed by atoms with Gasteiger partial charge in [-0.25, -0.2) is 9.78 Å². The van der Waals surface area contributed by atoms with Crippen LogP contribution in [0.25, 0.3) is 0 Å². The lowest BCUT2D eigenvalue weighted by molar-refractivity contribution is 0.0847. The summed E-state index contributed by atoms with van der Waals surface area (Å²) in [5.41, 5.74) is 0.885. The molecule has 0 fully saturated rings. The Labute approximate surface area is 116 Å². The van der Waals surface area contributed by atoms with E-state index in [1.165, 1.54) is 23.3 Å². The average molecular weight is 273 g/mol. The van der Waals surface area contributed by atoms with Crippen molar-refractivity contribution in [2.45, 2.75) is 19.6 Å². The molecule has 2 aromatic rings. The first-order valence-electron chi connectivity index (χ1n) is 6.16. The maximum atomic E-state index is 11.9. The molecule has 0 radical (unpaired) electrons. The molecule has 1 aromatic heterocycles. The van der Waals surface area contributed by atoms with Crippen LogP contribution in [0.1, 0.15) is 17.3 Å². The number of carbonyl (C=O) groups is 2. The minimum Gasteiger partial charge on any atom is -0.445 e. The molecule has 0 bridgehead atoms. The molecule has 1 N–H and O–H groups in total. The van der Waals surface area contributed by atoms with Gasteiger partial charge in [0.05, 0.1) is 0 Å². The summed E-state index contributed by atoms with van der Waals surface area (Å²) in [6.45, 7) is 1.75. The molecule has 1 amide bonds. The number of nitrogens with one attached hydrogen (secondary N) is 1. The van der Waals surface area contributed by atoms with E-state index in [9.17, 15) is 9.59 Å². The van der Waals surface area contributed by atoms with Gasteiger partial charge in [0.25, 0.3) is 5.91 Å². The predicted molar refractivity (Wildman–Crippen MR) is 72.1 cm³/mol. The molecule has 6 nitrogen and oxygen atoms in total. The van der Waals surface area contributed by atoms with Crippen molar-refractivity contribution in [3.63, 3.8) is 0 Å². The van der Waals surface area contributed by atoms with Gasteiger partial charge < -0.3 is 10.1 Å². The van der Waals surface area contributed by atoms with Crippen molar-refractivity contribution < 1.29 is 14.3 Å². The molecule has 1 heterocycles. The molecule has 0 spiro atoms. The number of imidazole rings is 1. The second-order valence-corrected chi connectivity index (χ2v) is 4.24. The Morgan fingerprint density at radius 3 is 2.75 bits per heavy atom. The number of ether oxygens (including phenoxy) is 1. The van der Waals surface area contributed by atoms with Gasteiger partial charge in [0.2, 0.25) is 0 Å². The summed E-state index contributed by atoms with van der Waals surface area (Å²) in [5, 5.41) is 2.48. The zero-order chi connectivity index (χ0) is 14.4. The second-order valence-electron chi connectivity index (χ2n) is 4.24. The molecule has 0 saturated heterocycles. The van der Waals surface area contributed by atoms with E-state index in [0.29, 0.717) is 0 Å². The standard InChI is InChI=1S/C14H15N3O3/c1-11(13(18)17-8-7-15-10-17)16-14(19)20-9-12-5-3-2-4-6-12/h2-8,10-11H,9H2,1H3,(H,16,19)/t11-/m1/s1. The zero-order valence-corrected chi connectivity index (χ0v) is 11.0. The predicted octanol–water partition coefficient (Wildman–Crippen LogP) is 1.84. The van der Waals surface area contributed by atoms with Gasteiger partial charge in [-0.3, -0.25) is 9.36 Å². The van der Waals surface area contributed by atoms with Crippen LogP contribution in [0.15, 0.2) is 49.1 Å². The van der Waals surface area contributed by atoms with Crippen LogP contribution >= 0.6 is 0 Å². The third kappa shape index (κ3) is 3.68. The lowest BCUT2D eigenvalue weighted by Crippen LogP contribution is -2.40. The van der Waals surface area contributed by atoms with Crippen LogP contribution in [0.3, 0.4) is 0 Å². The van der Waals surface area contributed by atoms with Crippen molar-refractivity contribution in [1.29, 1.82) is 0 Å². The first-order valence-corrected chi connectivity index (χ1v) is 6.16. The van der Waals surface area contributed by atoms with Crippen LogP contribution in [-0.4, -0.2) is 27.6 Å². The number of alkyl carbamates (subject to hydrolysis) is 1. The summed E-state index contributed by atoms with van der Waals surface area (Å²) >= 11 is 0. The Morgan fingerprint density at radius 2 is 2.10 bits per heavy atom. The minimum atomic E-state index is -0.688. The van der Waals surface area contributed by atoms with Crippen LogP contribution in [0.4, 0.5) is 4.79 Å². The van der Waals surface area contributed by atoms with Crippen LogP contribution in [0.5, 0.6) is 0 Å². The van der Waals surface area contributed by atoms with Gasteiger partial charge in [-0.15, -0.1) is 0 Å². The number of benzene rings is 1. The van der Waals surface area contributed by atoms with Crippen LogP contribution in [0, 0.1) is 0 Å². The molecular weight excluding hydrogens is 258 g/mol. The largest absolute Gasteiger partial charge is 0.445 e. The Bertz CT molecular complexity index is 567. The van der Waals surface area contributed by atoms with E-state index >= 15 is 0 Å². The Morgan fingerprint density at radius 1 is 1.35 bits per heavy atom. The summed E-state index contributed by atoms with van der Waals surface area (Å²) in [6.07, 6.45) is 3.78. The lowest BCUT2D eigenvalue weighted by Gasteiger charge is -2.13. The van der Waals surface area contributed by atoms with E-state index in [2.05, 4.69) is 10.3 Å². The monoisotopic (exact) mass is 273 g/mol. The summed E-state index contributed by atoms with van der Waals surface area (Å²) in [5.74, 6) is -0.279. The molecule has 2 rings (SSSR count). The van der Waals surface area contributed by atoms with E-state index in [1.807, 2.05) is 30.3 Å². The topological polar surface area (TPSA) is 73.2 Å².